The Balaban J connectivity index is -0.000000448. The molecule has 34 nitrogen and oxygen atoms in total. The Bertz CT molecular complexity index is 5230. The number of hydrogen-bond donors (Lipinski definition) is 5. The van der Waals surface area contributed by atoms with Crippen LogP contribution in [0.5, 0.6) is 0 Å². The van der Waals surface area contributed by atoms with E-state index >= 15 is 0 Å². The number of aldehydes is 2. The molecular formula is C72H76BBrCl16N10NaO24SSn. The summed E-state index contributed by atoms with van der Waals surface area (Å²) in [6, 6.07) is 21.9. The molecule has 0 unspecified atom stereocenters. The van der Waals surface area contributed by atoms with Crippen molar-refractivity contribution < 1.29 is 122 Å². The Morgan fingerprint density at radius 1 is 0.575 bits per heavy atom. The van der Waals surface area contributed by atoms with Crippen molar-refractivity contribution in [2.45, 2.75) is 112 Å². The Kier molecular flexibility index (Phi) is 60.4. The van der Waals surface area contributed by atoms with Crippen LogP contribution >= 0.6 is 197 Å². The van der Waals surface area contributed by atoms with E-state index in [1.807, 2.05) is 38.7 Å². The average Bonchev–Trinajstić information content (AvgIpc) is 1.58. The van der Waals surface area contributed by atoms with Gasteiger partial charge in [0.25, 0.3) is 43.9 Å². The second-order valence-electron chi connectivity index (χ2n) is 26.5. The van der Waals surface area contributed by atoms with Gasteiger partial charge in [0, 0.05) is 55.1 Å². The number of nitrogen functional groups attached to an aromatic ring is 1. The maximum absolute atomic E-state index is 11.9. The number of esters is 3. The second kappa shape index (κ2) is 60.0. The molecule has 691 valence electrons. The number of nitrogens with one attached hydrogen (secondary N) is 1. The molecule has 2 aliphatic rings. The minimum Gasteiger partial charge on any atom is -1.00 e. The van der Waals surface area contributed by atoms with Gasteiger partial charge in [0.15, 0.2) is 12.6 Å². The van der Waals surface area contributed by atoms with Crippen LogP contribution in [0.2, 0.25) is 70.3 Å². The molecule has 0 aromatic heterocycles. The third-order valence-corrected chi connectivity index (χ3v) is 22.5. The number of aliphatic imine (C=N–C) groups is 1. The zero-order chi connectivity index (χ0) is 96.4. The number of nitrogens with zero attached hydrogens (tertiary/aromatic N) is 7. The van der Waals surface area contributed by atoms with Crippen LogP contribution in [0.3, 0.4) is 0 Å². The van der Waals surface area contributed by atoms with Crippen LogP contribution in [0.1, 0.15) is 118 Å². The number of rotatable bonds is 19. The molecule has 2 aliphatic heterocycles. The normalized spacial score (nSPS) is 11.6. The molecule has 2 heterocycles. The predicted octanol–water partition coefficient (Wildman–Crippen LogP) is 18.6. The molecule has 0 aliphatic carbocycles. The third-order valence-electron chi connectivity index (χ3n) is 16.1. The van der Waals surface area contributed by atoms with Gasteiger partial charge in [0.2, 0.25) is 5.96 Å². The molecule has 0 atom stereocenters. The van der Waals surface area contributed by atoms with Gasteiger partial charge in [0.1, 0.15) is 16.6 Å². The number of aliphatic hydroxyl groups is 1. The van der Waals surface area contributed by atoms with Crippen molar-refractivity contribution in [3.05, 3.63) is 251 Å². The molecule has 0 bridgehead atoms. The van der Waals surface area contributed by atoms with Crippen LogP contribution in [0.25, 0.3) is 0 Å². The summed E-state index contributed by atoms with van der Waals surface area (Å²) in [4.78, 5) is 121. The van der Waals surface area contributed by atoms with Crippen LogP contribution < -0.4 is 46.3 Å². The fourth-order valence-electron chi connectivity index (χ4n) is 9.33. The number of aliphatic hydroxyl groups excluding tert-OH is 1. The average molecular weight is 2300 g/mol. The number of nitro benzene ring substituents is 4. The van der Waals surface area contributed by atoms with E-state index in [9.17, 15) is 77.6 Å². The first-order valence-corrected chi connectivity index (χ1v) is 48.0. The van der Waals surface area contributed by atoms with E-state index in [1.165, 1.54) is 57.7 Å². The van der Waals surface area contributed by atoms with E-state index in [1.54, 1.807) is 64.1 Å². The maximum atomic E-state index is 11.9. The number of nitro groups is 4. The summed E-state index contributed by atoms with van der Waals surface area (Å²) in [7, 11) is 10.1. The number of guanidine groups is 1. The van der Waals surface area contributed by atoms with Crippen LogP contribution in [0, 0.1) is 61.4 Å². The number of nitrogens with two attached hydrogens (primary N) is 2. The Morgan fingerprint density at radius 2 is 0.921 bits per heavy atom. The summed E-state index contributed by atoms with van der Waals surface area (Å²) in [6.45, 7) is 13.5. The number of carbonyl (C=O) groups is 6. The second-order valence-corrected chi connectivity index (χ2v) is 37.9. The number of anilines is 1. The van der Waals surface area contributed by atoms with Crippen LogP contribution in [-0.2, 0) is 80.3 Å². The Hall–Kier alpha value is -5.36. The number of ether oxygens (including phenoxy) is 3. The van der Waals surface area contributed by atoms with Crippen molar-refractivity contribution >= 4 is 311 Å². The van der Waals surface area contributed by atoms with Gasteiger partial charge in [0.05, 0.1) is 165 Å². The summed E-state index contributed by atoms with van der Waals surface area (Å²) in [5.74, 6) is -0.498. The predicted molar refractivity (Wildman–Crippen MR) is 499 cm³/mol. The number of halogens is 17. The molecule has 5 radical (unpaired) electrons. The topological polar surface area (TPSA) is 509 Å². The van der Waals surface area contributed by atoms with Gasteiger partial charge in [-0.3, -0.25) is 78.7 Å². The zero-order valence-electron chi connectivity index (χ0n) is 69.4. The molecule has 127 heavy (non-hydrogen) atoms. The molecule has 0 spiro atoms. The van der Waals surface area contributed by atoms with Crippen molar-refractivity contribution in [3.8, 4) is 0 Å². The first-order chi connectivity index (χ1) is 57.2. The Morgan fingerprint density at radius 3 is 1.29 bits per heavy atom. The van der Waals surface area contributed by atoms with Crippen molar-refractivity contribution in [3.63, 3.8) is 0 Å². The van der Waals surface area contributed by atoms with E-state index in [2.05, 4.69) is 19.2 Å². The molecule has 55 heteroatoms. The van der Waals surface area contributed by atoms with Crippen LogP contribution in [0.4, 0.5) is 34.1 Å². The van der Waals surface area contributed by atoms with Gasteiger partial charge in [-0.25, -0.2) is 4.99 Å². The summed E-state index contributed by atoms with van der Waals surface area (Å²) >= 11 is 80.4. The number of benzene rings is 7. The van der Waals surface area contributed by atoms with E-state index in [0.717, 1.165) is 35.2 Å². The Labute approximate surface area is 851 Å². The summed E-state index contributed by atoms with van der Waals surface area (Å²) in [5.41, 5.74) is 10.9. The van der Waals surface area contributed by atoms with Crippen LogP contribution in [0.15, 0.2) is 96.0 Å². The first-order valence-electron chi connectivity index (χ1n) is 33.6. The zero-order valence-corrected chi connectivity index (χ0v) is 87.8. The molecule has 1 fully saturated rings. The fraction of sp³-hybridized carbons (Fsp3) is 0.319. The van der Waals surface area contributed by atoms with Gasteiger partial charge in [-0.2, -0.15) is 8.42 Å². The van der Waals surface area contributed by atoms with Gasteiger partial charge in [-0.15, -0.1) is 27.1 Å². The van der Waals surface area contributed by atoms with Crippen molar-refractivity contribution in [2.75, 3.05) is 33.3 Å². The van der Waals surface area contributed by atoms with Crippen molar-refractivity contribution in [2.24, 2.45) is 21.6 Å². The molecule has 1 saturated heterocycles. The number of amides is 1. The number of hydrogen-bond acceptors (Lipinski definition) is 27. The van der Waals surface area contributed by atoms with E-state index in [4.69, 9.17) is 222 Å². The van der Waals surface area contributed by atoms with Gasteiger partial charge < -0.3 is 42.3 Å². The van der Waals surface area contributed by atoms with E-state index in [-0.39, 0.29) is 160 Å². The van der Waals surface area contributed by atoms with E-state index in [0.29, 0.717) is 91.3 Å². The summed E-state index contributed by atoms with van der Waals surface area (Å²) < 4.78 is 39.9. The number of methoxy groups -OCH3 is 3. The van der Waals surface area contributed by atoms with E-state index < -0.39 is 94.9 Å². The smallest absolute Gasteiger partial charge is 1.00 e. The monoisotopic (exact) mass is 2290 g/mol. The molecular weight excluding hydrogens is 2220 g/mol. The van der Waals surface area contributed by atoms with Gasteiger partial charge in [-0.05, 0) is 141 Å². The minimum absolute atomic E-state index is 0. The molecule has 7 aromatic carbocycles. The molecule has 7 aromatic rings. The molecule has 0 saturated carbocycles. The number of fused-ring (bicyclic) bond motifs is 2. The quantitative estimate of drug-likeness (QED) is 0.00733. The SMILES string of the molecule is Br.CC1(C)C(=O)NC2=Nc3ccc(Cl)c(Cl)c3CN21.COC(=O)C(C)(C)CCc1c(N)ccc(Cl)c1Cl.COC(=O)C(C)(C)CCc1c([N+](=O)[O-])ccc(Cl)c1Cl.COC(=O)C(C)(C)N.CS(=O)(=O)OCc1c([N+](=O)[O-])ccc(Cl)c1Cl.O=Cc1c([N+](=O)[O-])ccc(Cl)c1Cl.O=Cc1cccc(Cl)c1Cl.O=[N+]([O-])O.O=[N+]([O-])c1ccc(Cl)c(Cl)c1CO.[B].[Cl][Sn][Cl].[H-].[Na+]. The third kappa shape index (κ3) is 41.4. The summed E-state index contributed by atoms with van der Waals surface area (Å²) in [5, 5.41) is 71.1. The number of carbonyl (C=O) groups excluding carboxylic acids is 6. The summed E-state index contributed by atoms with van der Waals surface area (Å²) in [6.07, 6.45) is 3.60. The van der Waals surface area contributed by atoms with Gasteiger partial charge >= 0.3 is 84.2 Å². The first kappa shape index (κ1) is 128. The van der Waals surface area contributed by atoms with Gasteiger partial charge in [-0.1, -0.05) is 175 Å². The van der Waals surface area contributed by atoms with Crippen molar-refractivity contribution in [1.29, 1.82) is 0 Å². The molecule has 1 amide bonds. The molecule has 7 N–H and O–H groups in total. The largest absolute Gasteiger partial charge is 1.00 e. The molecule has 9 rings (SSSR count). The van der Waals surface area contributed by atoms with Crippen LogP contribution in [-0.4, -0.2) is 157 Å². The standard InChI is InChI=1S/C13H15Cl2NO4.C13H17Cl2NO2.C12H11Cl2N3O.C8H7Cl2NO5S.C7H5Cl2NO3.C7H3Cl2NO3.C7H4Cl2O.C5H11NO2.B.BrH.2ClH.HNO3.Na.Sn.H/c1-13(2,12(17)20-3)7-6-8-10(16(18)19)5-4-9(14)11(8)15;1-13(2,12(17)18-3)7-6-8-10(16)5-4-9(14)11(8)15;1-12(2)10(18)16-11-15-8-4-3-7(13)9(14)6(8)5-17(11)12;1-17(14,15)16-4-5-7(11(12)13)3-2-6(9)8(5)10;2*8-5-1-2-6(10(12)13)4(3-11)7(5)9;8-6-3-1-2-5(4-10)7(6)9;1-5(2,6)4(7)8-3;;;;;2-1(3)4;;;/h4-5H,6-7H2,1-3H3;4-5H,6-7,16H2,1-3H3;3-4H,5H2,1-2H3,(H,15,16,18);2-3H,4H2,1H3;1-2,11H,3H2;1-3H;1-4H;6H2,1-3H3;;3*1H;(H,2,3,4);;;/q;;;;;;;;;;;;;+1;+2;-1/p-2. The fourth-order valence-corrected chi connectivity index (χ4v) is 12.4. The maximum Gasteiger partial charge on any atom is 1.00 e. The minimum atomic E-state index is -3.72. The van der Waals surface area contributed by atoms with Crippen molar-refractivity contribution in [1.82, 2.24) is 10.2 Å².